The molecule has 2 aliphatic rings. The van der Waals surface area contributed by atoms with Crippen molar-refractivity contribution in [1.29, 1.82) is 0 Å². The smallest absolute Gasteiger partial charge is 0.0476 e. The fourth-order valence-electron chi connectivity index (χ4n) is 3.62. The maximum absolute atomic E-state index is 5.51. The maximum Gasteiger partial charge on any atom is 0.0476 e. The molecule has 20 heavy (non-hydrogen) atoms. The van der Waals surface area contributed by atoms with Crippen molar-refractivity contribution in [3.05, 3.63) is 0 Å². The molecule has 0 aromatic carbocycles. The molecule has 1 aliphatic carbocycles. The van der Waals surface area contributed by atoms with Gasteiger partial charge in [0.05, 0.1) is 0 Å². The summed E-state index contributed by atoms with van der Waals surface area (Å²) in [6, 6.07) is 0.728. The number of rotatable bonds is 4. The van der Waals surface area contributed by atoms with Gasteiger partial charge >= 0.3 is 0 Å². The van der Waals surface area contributed by atoms with E-state index in [-0.39, 0.29) is 0 Å². The highest BCUT2D eigenvalue weighted by Gasteiger charge is 2.37. The van der Waals surface area contributed by atoms with Crippen molar-refractivity contribution >= 4 is 11.8 Å². The first-order valence-electron chi connectivity index (χ1n) is 8.47. The number of ether oxygens (including phenoxy) is 1. The van der Waals surface area contributed by atoms with Crippen LogP contribution < -0.4 is 5.32 Å². The third kappa shape index (κ3) is 4.64. The van der Waals surface area contributed by atoms with E-state index in [0.717, 1.165) is 42.2 Å². The van der Waals surface area contributed by atoms with Crippen LogP contribution in [-0.2, 0) is 4.74 Å². The molecule has 2 fully saturated rings. The summed E-state index contributed by atoms with van der Waals surface area (Å²) in [5.74, 6) is 0.884. The lowest BCUT2D eigenvalue weighted by molar-refractivity contribution is 0.0995. The van der Waals surface area contributed by atoms with E-state index in [9.17, 15) is 0 Å². The third-order valence-electron chi connectivity index (χ3n) is 5.02. The Morgan fingerprint density at radius 1 is 1.10 bits per heavy atom. The molecule has 1 N–H and O–H groups in total. The fourth-order valence-corrected chi connectivity index (χ4v) is 5.35. The topological polar surface area (TPSA) is 21.3 Å². The van der Waals surface area contributed by atoms with Gasteiger partial charge in [-0.25, -0.2) is 0 Å². The molecular formula is C17H33NOS. The number of hydrogen-bond donors (Lipinski definition) is 1. The van der Waals surface area contributed by atoms with Gasteiger partial charge in [0.1, 0.15) is 0 Å². The molecule has 0 aromatic rings. The molecule has 1 aliphatic heterocycles. The summed E-state index contributed by atoms with van der Waals surface area (Å²) in [5, 5.41) is 5.37. The highest BCUT2D eigenvalue weighted by atomic mass is 32.2. The van der Waals surface area contributed by atoms with Crippen LogP contribution in [-0.4, -0.2) is 36.3 Å². The molecule has 1 heterocycles. The maximum atomic E-state index is 5.51. The molecule has 3 unspecified atom stereocenters. The Labute approximate surface area is 129 Å². The molecule has 1 saturated carbocycles. The van der Waals surface area contributed by atoms with Crippen molar-refractivity contribution < 1.29 is 4.74 Å². The van der Waals surface area contributed by atoms with Crippen molar-refractivity contribution in [3.63, 3.8) is 0 Å². The van der Waals surface area contributed by atoms with Crippen LogP contribution in [0.15, 0.2) is 0 Å². The van der Waals surface area contributed by atoms with Gasteiger partial charge in [0, 0.05) is 29.8 Å². The SMILES string of the molecule is CCNC1CCC(C(C)(C)C)CC1SC1CCOCC1. The predicted molar refractivity (Wildman–Crippen MR) is 89.5 cm³/mol. The van der Waals surface area contributed by atoms with Crippen LogP contribution in [0.3, 0.4) is 0 Å². The number of hydrogen-bond acceptors (Lipinski definition) is 3. The van der Waals surface area contributed by atoms with Crippen LogP contribution >= 0.6 is 11.8 Å². The van der Waals surface area contributed by atoms with E-state index >= 15 is 0 Å². The van der Waals surface area contributed by atoms with Gasteiger partial charge in [-0.15, -0.1) is 0 Å². The minimum atomic E-state index is 0.464. The van der Waals surface area contributed by atoms with Crippen molar-refractivity contribution in [1.82, 2.24) is 5.32 Å². The van der Waals surface area contributed by atoms with Crippen LogP contribution in [0, 0.1) is 11.3 Å². The van der Waals surface area contributed by atoms with Crippen LogP contribution in [0.1, 0.15) is 59.8 Å². The third-order valence-corrected chi connectivity index (χ3v) is 6.75. The van der Waals surface area contributed by atoms with Gasteiger partial charge in [-0.05, 0) is 50.0 Å². The molecule has 0 amide bonds. The van der Waals surface area contributed by atoms with E-state index in [1.165, 1.54) is 32.1 Å². The Morgan fingerprint density at radius 2 is 1.80 bits per heavy atom. The van der Waals surface area contributed by atoms with Crippen molar-refractivity contribution in [2.24, 2.45) is 11.3 Å². The summed E-state index contributed by atoms with van der Waals surface area (Å²) in [6.45, 7) is 12.5. The van der Waals surface area contributed by atoms with Gasteiger partial charge in [-0.2, -0.15) is 11.8 Å². The second-order valence-electron chi connectivity index (χ2n) is 7.53. The second kappa shape index (κ2) is 7.51. The Hall–Kier alpha value is 0.270. The first kappa shape index (κ1) is 16.6. The molecule has 3 atom stereocenters. The van der Waals surface area contributed by atoms with E-state index in [1.54, 1.807) is 0 Å². The zero-order valence-corrected chi connectivity index (χ0v) is 14.6. The summed E-state index contributed by atoms with van der Waals surface area (Å²) in [6.07, 6.45) is 6.65. The molecular weight excluding hydrogens is 266 g/mol. The Balaban J connectivity index is 1.94. The van der Waals surface area contributed by atoms with Crippen molar-refractivity contribution in [2.45, 2.75) is 76.3 Å². The Morgan fingerprint density at radius 3 is 2.40 bits per heavy atom. The van der Waals surface area contributed by atoms with Crippen LogP contribution in [0.4, 0.5) is 0 Å². The van der Waals surface area contributed by atoms with Gasteiger partial charge in [0.15, 0.2) is 0 Å². The van der Waals surface area contributed by atoms with Gasteiger partial charge in [-0.1, -0.05) is 27.7 Å². The molecule has 0 spiro atoms. The van der Waals surface area contributed by atoms with E-state index in [4.69, 9.17) is 4.74 Å². The van der Waals surface area contributed by atoms with Crippen LogP contribution in [0.2, 0.25) is 0 Å². The molecule has 2 nitrogen and oxygen atoms in total. The Kier molecular flexibility index (Phi) is 6.25. The largest absolute Gasteiger partial charge is 0.381 e. The zero-order chi connectivity index (χ0) is 14.6. The van der Waals surface area contributed by atoms with E-state index in [2.05, 4.69) is 44.8 Å². The quantitative estimate of drug-likeness (QED) is 0.845. The predicted octanol–water partition coefficient (Wildman–Crippen LogP) is 4.09. The monoisotopic (exact) mass is 299 g/mol. The molecule has 0 bridgehead atoms. The van der Waals surface area contributed by atoms with Crippen LogP contribution in [0.5, 0.6) is 0 Å². The Bertz CT molecular complexity index is 283. The van der Waals surface area contributed by atoms with E-state index in [1.807, 2.05) is 0 Å². The second-order valence-corrected chi connectivity index (χ2v) is 9.07. The summed E-state index contributed by atoms with van der Waals surface area (Å²) in [5.41, 5.74) is 0.464. The standard InChI is InChI=1S/C17H33NOS/c1-5-18-15-7-6-13(17(2,3)4)12-16(15)20-14-8-10-19-11-9-14/h13-16,18H,5-12H2,1-4H3. The highest BCUT2D eigenvalue weighted by Crippen LogP contribution is 2.43. The summed E-state index contributed by atoms with van der Waals surface area (Å²) >= 11 is 2.27. The number of nitrogens with one attached hydrogen (secondary N) is 1. The molecule has 2 rings (SSSR count). The molecule has 118 valence electrons. The zero-order valence-electron chi connectivity index (χ0n) is 13.8. The lowest BCUT2D eigenvalue weighted by Crippen LogP contribution is -2.45. The van der Waals surface area contributed by atoms with Gasteiger partial charge < -0.3 is 10.1 Å². The fraction of sp³-hybridized carbons (Fsp3) is 1.00. The lowest BCUT2D eigenvalue weighted by Gasteiger charge is -2.43. The summed E-state index contributed by atoms with van der Waals surface area (Å²) in [4.78, 5) is 0. The first-order chi connectivity index (χ1) is 9.50. The molecule has 3 heteroatoms. The average Bonchev–Trinajstić information content (AvgIpc) is 2.41. The van der Waals surface area contributed by atoms with Gasteiger partial charge in [0.25, 0.3) is 0 Å². The summed E-state index contributed by atoms with van der Waals surface area (Å²) in [7, 11) is 0. The molecule has 1 saturated heterocycles. The van der Waals surface area contributed by atoms with E-state index in [0.29, 0.717) is 5.41 Å². The highest BCUT2D eigenvalue weighted by molar-refractivity contribution is 8.00. The normalized spacial score (nSPS) is 33.3. The van der Waals surface area contributed by atoms with Crippen molar-refractivity contribution in [2.75, 3.05) is 19.8 Å². The molecule has 0 radical (unpaired) electrons. The minimum absolute atomic E-state index is 0.464. The molecule has 0 aromatic heterocycles. The first-order valence-corrected chi connectivity index (χ1v) is 9.41. The summed E-state index contributed by atoms with van der Waals surface area (Å²) < 4.78 is 5.51. The van der Waals surface area contributed by atoms with E-state index < -0.39 is 0 Å². The van der Waals surface area contributed by atoms with Crippen molar-refractivity contribution in [3.8, 4) is 0 Å². The lowest BCUT2D eigenvalue weighted by atomic mass is 9.71. The minimum Gasteiger partial charge on any atom is -0.381 e. The van der Waals surface area contributed by atoms with Crippen LogP contribution in [0.25, 0.3) is 0 Å². The van der Waals surface area contributed by atoms with Gasteiger partial charge in [-0.3, -0.25) is 0 Å². The van der Waals surface area contributed by atoms with Gasteiger partial charge in [0.2, 0.25) is 0 Å². The number of thioether (sulfide) groups is 1. The average molecular weight is 300 g/mol.